The Morgan fingerprint density at radius 1 is 1.43 bits per heavy atom. The molecule has 0 amide bonds. The zero-order chi connectivity index (χ0) is 14.8. The first-order valence-electron chi connectivity index (χ1n) is 7.44. The van der Waals surface area contributed by atoms with E-state index in [9.17, 15) is 0 Å². The molecule has 114 valence electrons. The third-order valence-electron chi connectivity index (χ3n) is 3.91. The molecule has 1 atom stereocenters. The number of hydrogen-bond acceptors (Lipinski definition) is 5. The summed E-state index contributed by atoms with van der Waals surface area (Å²) >= 11 is 1.68. The van der Waals surface area contributed by atoms with E-state index in [1.165, 1.54) is 18.4 Å². The van der Waals surface area contributed by atoms with Gasteiger partial charge in [0, 0.05) is 19.7 Å². The first kappa shape index (κ1) is 14.8. The van der Waals surface area contributed by atoms with E-state index in [1.807, 2.05) is 6.92 Å². The van der Waals surface area contributed by atoms with E-state index in [0.29, 0.717) is 6.10 Å². The lowest BCUT2D eigenvalue weighted by Gasteiger charge is -2.19. The van der Waals surface area contributed by atoms with Crippen LogP contribution in [-0.4, -0.2) is 36.2 Å². The Morgan fingerprint density at radius 3 is 2.95 bits per heavy atom. The Bertz CT molecular complexity index is 599. The van der Waals surface area contributed by atoms with Crippen molar-refractivity contribution in [1.82, 2.24) is 9.88 Å². The summed E-state index contributed by atoms with van der Waals surface area (Å²) in [7, 11) is 2.12. The summed E-state index contributed by atoms with van der Waals surface area (Å²) in [5.74, 6) is 1.66. The Hall–Kier alpha value is -1.17. The molecule has 1 aliphatic heterocycles. The Morgan fingerprint density at radius 2 is 2.29 bits per heavy atom. The third-order valence-corrected chi connectivity index (χ3v) is 4.91. The van der Waals surface area contributed by atoms with E-state index in [4.69, 9.17) is 9.15 Å². The lowest BCUT2D eigenvalue weighted by Crippen LogP contribution is -2.28. The minimum absolute atomic E-state index is 0.376. The monoisotopic (exact) mass is 306 g/mol. The van der Waals surface area contributed by atoms with Gasteiger partial charge in [-0.3, -0.25) is 4.90 Å². The smallest absolute Gasteiger partial charge is 0.237 e. The first-order valence-corrected chi connectivity index (χ1v) is 8.32. The van der Waals surface area contributed by atoms with Crippen molar-refractivity contribution in [3.63, 3.8) is 0 Å². The number of aryl methyl sites for hydroxylation is 2. The molecule has 1 fully saturated rings. The summed E-state index contributed by atoms with van der Waals surface area (Å²) in [6.07, 6.45) is 2.73. The fraction of sp³-hybridized carbons (Fsp3) is 0.562. The van der Waals surface area contributed by atoms with Gasteiger partial charge in [-0.25, -0.2) is 4.98 Å². The molecular formula is C16H22N2O2S. The van der Waals surface area contributed by atoms with Gasteiger partial charge in [0.2, 0.25) is 5.89 Å². The number of likely N-dealkylation sites (N-methyl/N-ethyl adjacent to an activating group) is 1. The molecule has 0 aliphatic carbocycles. The molecule has 2 aromatic heterocycles. The highest BCUT2D eigenvalue weighted by atomic mass is 32.1. The SMILES string of the molecule is Cc1ccsc1-c1nc(CN(C)C[C@@H]2CCCO2)c(C)o1. The van der Waals surface area contributed by atoms with Gasteiger partial charge in [-0.05, 0) is 50.7 Å². The van der Waals surface area contributed by atoms with E-state index in [0.717, 1.165) is 41.9 Å². The number of ether oxygens (including phenoxy) is 1. The van der Waals surface area contributed by atoms with Crippen molar-refractivity contribution in [2.75, 3.05) is 20.2 Å². The van der Waals surface area contributed by atoms with Crippen LogP contribution < -0.4 is 0 Å². The van der Waals surface area contributed by atoms with Crippen LogP contribution in [0.25, 0.3) is 10.8 Å². The number of oxazole rings is 1. The van der Waals surface area contributed by atoms with Crippen LogP contribution in [0.2, 0.25) is 0 Å². The second-order valence-electron chi connectivity index (χ2n) is 5.79. The summed E-state index contributed by atoms with van der Waals surface area (Å²) < 4.78 is 11.5. The summed E-state index contributed by atoms with van der Waals surface area (Å²) in [4.78, 5) is 8.09. The number of rotatable bonds is 5. The van der Waals surface area contributed by atoms with Gasteiger partial charge in [-0.15, -0.1) is 11.3 Å². The molecule has 3 heterocycles. The molecule has 5 heteroatoms. The molecule has 2 aromatic rings. The van der Waals surface area contributed by atoms with E-state index >= 15 is 0 Å². The number of thiophene rings is 1. The molecule has 1 aliphatic rings. The largest absolute Gasteiger partial charge is 0.440 e. The summed E-state index contributed by atoms with van der Waals surface area (Å²) in [6.45, 7) is 6.76. The summed E-state index contributed by atoms with van der Waals surface area (Å²) in [6, 6.07) is 2.10. The van der Waals surface area contributed by atoms with Crippen molar-refractivity contribution in [3.05, 3.63) is 28.5 Å². The zero-order valence-corrected chi connectivity index (χ0v) is 13.7. The van der Waals surface area contributed by atoms with Gasteiger partial charge in [-0.2, -0.15) is 0 Å². The fourth-order valence-electron chi connectivity index (χ4n) is 2.72. The molecule has 0 unspecified atom stereocenters. The summed E-state index contributed by atoms with van der Waals surface area (Å²) in [5.41, 5.74) is 2.25. The van der Waals surface area contributed by atoms with Gasteiger partial charge in [0.05, 0.1) is 16.7 Å². The van der Waals surface area contributed by atoms with E-state index in [1.54, 1.807) is 11.3 Å². The Labute approximate surface area is 129 Å². The molecule has 1 saturated heterocycles. The highest BCUT2D eigenvalue weighted by Crippen LogP contribution is 2.30. The molecule has 0 N–H and O–H groups in total. The van der Waals surface area contributed by atoms with Gasteiger partial charge in [0.25, 0.3) is 0 Å². The van der Waals surface area contributed by atoms with Gasteiger partial charge in [0.1, 0.15) is 5.76 Å². The van der Waals surface area contributed by atoms with Crippen molar-refractivity contribution in [3.8, 4) is 10.8 Å². The topological polar surface area (TPSA) is 38.5 Å². The lowest BCUT2D eigenvalue weighted by atomic mass is 10.2. The number of aromatic nitrogens is 1. The maximum absolute atomic E-state index is 5.85. The molecule has 0 saturated carbocycles. The zero-order valence-electron chi connectivity index (χ0n) is 12.9. The van der Waals surface area contributed by atoms with Crippen molar-refractivity contribution in [1.29, 1.82) is 0 Å². The van der Waals surface area contributed by atoms with Crippen LogP contribution >= 0.6 is 11.3 Å². The normalized spacial score (nSPS) is 18.8. The molecule has 0 bridgehead atoms. The molecule has 21 heavy (non-hydrogen) atoms. The quantitative estimate of drug-likeness (QED) is 0.845. The number of nitrogens with zero attached hydrogens (tertiary/aromatic N) is 2. The fourth-order valence-corrected chi connectivity index (χ4v) is 3.57. The van der Waals surface area contributed by atoms with Crippen molar-refractivity contribution >= 4 is 11.3 Å². The van der Waals surface area contributed by atoms with E-state index < -0.39 is 0 Å². The van der Waals surface area contributed by atoms with Gasteiger partial charge < -0.3 is 9.15 Å². The van der Waals surface area contributed by atoms with Crippen molar-refractivity contribution in [2.45, 2.75) is 39.3 Å². The van der Waals surface area contributed by atoms with E-state index in [2.05, 4.69) is 35.3 Å². The van der Waals surface area contributed by atoms with Crippen LogP contribution in [0.1, 0.15) is 29.9 Å². The molecule has 3 rings (SSSR count). The number of hydrogen-bond donors (Lipinski definition) is 0. The van der Waals surface area contributed by atoms with Crippen LogP contribution in [0.4, 0.5) is 0 Å². The van der Waals surface area contributed by atoms with Crippen LogP contribution in [0.5, 0.6) is 0 Å². The first-order chi connectivity index (χ1) is 10.1. The standard InChI is InChI=1S/C16H22N2O2S/c1-11-6-8-21-15(11)16-17-14(12(2)20-16)10-18(3)9-13-5-4-7-19-13/h6,8,13H,4-5,7,9-10H2,1-3H3/t13-/m0/s1. The molecule has 0 spiro atoms. The average molecular weight is 306 g/mol. The Kier molecular flexibility index (Phi) is 4.42. The van der Waals surface area contributed by atoms with Crippen molar-refractivity contribution in [2.24, 2.45) is 0 Å². The minimum atomic E-state index is 0.376. The predicted molar refractivity (Wildman–Crippen MR) is 84.6 cm³/mol. The van der Waals surface area contributed by atoms with Gasteiger partial charge in [-0.1, -0.05) is 0 Å². The minimum Gasteiger partial charge on any atom is -0.440 e. The van der Waals surface area contributed by atoms with Crippen LogP contribution in [-0.2, 0) is 11.3 Å². The third kappa shape index (κ3) is 3.36. The van der Waals surface area contributed by atoms with Crippen LogP contribution in [0.15, 0.2) is 15.9 Å². The molecule has 4 nitrogen and oxygen atoms in total. The molecular weight excluding hydrogens is 284 g/mol. The summed E-state index contributed by atoms with van der Waals surface area (Å²) in [5, 5.41) is 2.08. The van der Waals surface area contributed by atoms with Gasteiger partial charge in [0.15, 0.2) is 0 Å². The van der Waals surface area contributed by atoms with E-state index in [-0.39, 0.29) is 0 Å². The lowest BCUT2D eigenvalue weighted by molar-refractivity contribution is 0.0789. The van der Waals surface area contributed by atoms with Crippen molar-refractivity contribution < 1.29 is 9.15 Å². The Balaban J connectivity index is 1.68. The molecule has 0 aromatic carbocycles. The second kappa shape index (κ2) is 6.30. The van der Waals surface area contributed by atoms with Gasteiger partial charge >= 0.3 is 0 Å². The van der Waals surface area contributed by atoms with Crippen LogP contribution in [0.3, 0.4) is 0 Å². The molecule has 0 radical (unpaired) electrons. The highest BCUT2D eigenvalue weighted by molar-refractivity contribution is 7.13. The maximum Gasteiger partial charge on any atom is 0.237 e. The maximum atomic E-state index is 5.85. The second-order valence-corrected chi connectivity index (χ2v) is 6.70. The predicted octanol–water partition coefficient (Wildman–Crippen LogP) is 3.63. The highest BCUT2D eigenvalue weighted by Gasteiger charge is 2.20. The van der Waals surface area contributed by atoms with Crippen LogP contribution in [0, 0.1) is 13.8 Å². The average Bonchev–Trinajstić information content (AvgIpc) is 3.13.